The number of benzene rings is 2. The Balaban J connectivity index is 1.96. The van der Waals surface area contributed by atoms with Crippen LogP contribution in [-0.2, 0) is 9.59 Å². The summed E-state index contributed by atoms with van der Waals surface area (Å²) in [6.45, 7) is 8.02. The number of nitrogens with zero attached hydrogens (tertiary/aromatic N) is 1. The van der Waals surface area contributed by atoms with Crippen LogP contribution >= 0.6 is 0 Å². The molecule has 0 aliphatic heterocycles. The number of amides is 2. The van der Waals surface area contributed by atoms with Gasteiger partial charge in [0.25, 0.3) is 0 Å². The lowest BCUT2D eigenvalue weighted by Gasteiger charge is -2.26. The Morgan fingerprint density at radius 1 is 1.00 bits per heavy atom. The highest BCUT2D eigenvalue weighted by molar-refractivity contribution is 5.94. The third-order valence-electron chi connectivity index (χ3n) is 5.27. The maximum atomic E-state index is 12.8. The number of aryl methyl sites for hydroxylation is 2. The fourth-order valence-corrected chi connectivity index (χ4v) is 3.34. The molecule has 0 heterocycles. The molecule has 0 fully saturated rings. The number of rotatable bonds is 9. The predicted octanol–water partition coefficient (Wildman–Crippen LogP) is 4.22. The number of hydrogen-bond donors (Lipinski definition) is 2. The average Bonchev–Trinajstić information content (AvgIpc) is 2.70. The molecule has 29 heavy (non-hydrogen) atoms. The van der Waals surface area contributed by atoms with Gasteiger partial charge in [0.15, 0.2) is 0 Å². The van der Waals surface area contributed by atoms with E-state index in [0.29, 0.717) is 0 Å². The van der Waals surface area contributed by atoms with Crippen LogP contribution in [0.15, 0.2) is 48.5 Å². The maximum Gasteiger partial charge on any atom is 0.238 e. The first-order valence-electron chi connectivity index (χ1n) is 10.2. The minimum Gasteiger partial charge on any atom is -0.348 e. The van der Waals surface area contributed by atoms with Crippen molar-refractivity contribution in [1.82, 2.24) is 10.2 Å². The Morgan fingerprint density at radius 2 is 1.62 bits per heavy atom. The van der Waals surface area contributed by atoms with Crippen molar-refractivity contribution in [2.45, 2.75) is 52.6 Å². The fraction of sp³-hybridized carbons (Fsp3) is 0.417. The quantitative estimate of drug-likeness (QED) is 0.668. The van der Waals surface area contributed by atoms with E-state index in [0.717, 1.165) is 35.2 Å². The normalized spacial score (nSPS) is 13.0. The Labute approximate surface area is 174 Å². The van der Waals surface area contributed by atoms with E-state index in [1.54, 1.807) is 11.9 Å². The summed E-state index contributed by atoms with van der Waals surface area (Å²) in [6, 6.07) is 15.5. The van der Waals surface area contributed by atoms with Crippen LogP contribution in [0.25, 0.3) is 0 Å². The van der Waals surface area contributed by atoms with Crippen molar-refractivity contribution in [2.24, 2.45) is 0 Å². The number of para-hydroxylation sites is 1. The van der Waals surface area contributed by atoms with E-state index >= 15 is 0 Å². The smallest absolute Gasteiger partial charge is 0.238 e. The second-order valence-electron chi connectivity index (χ2n) is 7.67. The van der Waals surface area contributed by atoms with Gasteiger partial charge in [-0.3, -0.25) is 14.5 Å². The third-order valence-corrected chi connectivity index (χ3v) is 5.27. The summed E-state index contributed by atoms with van der Waals surface area (Å²) in [7, 11) is 1.80. The Hall–Kier alpha value is -2.66. The average molecular weight is 396 g/mol. The van der Waals surface area contributed by atoms with Gasteiger partial charge in [-0.05, 0) is 50.9 Å². The summed E-state index contributed by atoms with van der Waals surface area (Å²) in [5.74, 6) is -0.201. The molecular formula is C24H33N3O2. The number of hydrogen-bond acceptors (Lipinski definition) is 3. The summed E-state index contributed by atoms with van der Waals surface area (Å²) in [5, 5.41) is 6.12. The number of carbonyl (C=O) groups excluding carboxylic acids is 2. The molecule has 0 aromatic heterocycles. The molecule has 0 radical (unpaired) electrons. The van der Waals surface area contributed by atoms with Crippen molar-refractivity contribution >= 4 is 17.5 Å². The second-order valence-corrected chi connectivity index (χ2v) is 7.67. The number of anilines is 1. The fourth-order valence-electron chi connectivity index (χ4n) is 3.34. The van der Waals surface area contributed by atoms with Crippen LogP contribution in [0.1, 0.15) is 49.4 Å². The minimum absolute atomic E-state index is 0.0204. The minimum atomic E-state index is -0.415. The van der Waals surface area contributed by atoms with Crippen LogP contribution in [0.5, 0.6) is 0 Å². The third kappa shape index (κ3) is 6.43. The van der Waals surface area contributed by atoms with Crippen LogP contribution in [-0.4, -0.2) is 36.3 Å². The second kappa shape index (κ2) is 10.8. The topological polar surface area (TPSA) is 61.4 Å². The number of likely N-dealkylation sites (N-methyl/N-ethyl adjacent to an activating group) is 1. The molecule has 5 heteroatoms. The standard InChI is InChI=1S/C24H33N3O2/c1-6-11-21(20-14-8-7-9-15-20)25-24(29)19(4)27(5)16-22(28)26-23-17(2)12-10-13-18(23)3/h7-10,12-15,19,21H,6,11,16H2,1-5H3,(H,25,29)(H,26,28)/t19-,21-/m0/s1. The molecule has 2 N–H and O–H groups in total. The van der Waals surface area contributed by atoms with E-state index < -0.39 is 6.04 Å². The first-order valence-corrected chi connectivity index (χ1v) is 10.2. The molecule has 0 spiro atoms. The Kier molecular flexibility index (Phi) is 8.40. The van der Waals surface area contributed by atoms with Gasteiger partial charge in [-0.15, -0.1) is 0 Å². The van der Waals surface area contributed by atoms with Crippen molar-refractivity contribution in [2.75, 3.05) is 18.9 Å². The van der Waals surface area contributed by atoms with Gasteiger partial charge in [-0.2, -0.15) is 0 Å². The van der Waals surface area contributed by atoms with Crippen LogP contribution in [0.3, 0.4) is 0 Å². The van der Waals surface area contributed by atoms with Crippen molar-refractivity contribution < 1.29 is 9.59 Å². The van der Waals surface area contributed by atoms with Crippen molar-refractivity contribution in [3.63, 3.8) is 0 Å². The Bertz CT molecular complexity index is 800. The zero-order valence-corrected chi connectivity index (χ0v) is 18.2. The van der Waals surface area contributed by atoms with Gasteiger partial charge >= 0.3 is 0 Å². The molecule has 0 aliphatic carbocycles. The van der Waals surface area contributed by atoms with Gasteiger partial charge in [-0.25, -0.2) is 0 Å². The summed E-state index contributed by atoms with van der Waals surface area (Å²) in [6.07, 6.45) is 1.85. The molecular weight excluding hydrogens is 362 g/mol. The number of carbonyl (C=O) groups is 2. The molecule has 156 valence electrons. The Morgan fingerprint density at radius 3 is 2.21 bits per heavy atom. The lowest BCUT2D eigenvalue weighted by atomic mass is 10.0. The molecule has 2 aromatic carbocycles. The highest BCUT2D eigenvalue weighted by Crippen LogP contribution is 2.20. The van der Waals surface area contributed by atoms with Gasteiger partial charge in [0.2, 0.25) is 11.8 Å². The van der Waals surface area contributed by atoms with Gasteiger partial charge in [0.05, 0.1) is 18.6 Å². The van der Waals surface area contributed by atoms with Crippen molar-refractivity contribution in [3.05, 3.63) is 65.2 Å². The maximum absolute atomic E-state index is 12.8. The van der Waals surface area contributed by atoms with E-state index in [1.807, 2.05) is 69.3 Å². The van der Waals surface area contributed by atoms with E-state index in [9.17, 15) is 9.59 Å². The lowest BCUT2D eigenvalue weighted by Crippen LogP contribution is -2.46. The van der Waals surface area contributed by atoms with E-state index in [1.165, 1.54) is 0 Å². The SMILES string of the molecule is CCC[C@H](NC(=O)[C@H](C)N(C)CC(=O)Nc1c(C)cccc1C)c1ccccc1. The summed E-state index contributed by atoms with van der Waals surface area (Å²) in [5.41, 5.74) is 3.99. The van der Waals surface area contributed by atoms with Gasteiger partial charge in [0, 0.05) is 5.69 Å². The molecule has 2 aromatic rings. The molecule has 2 rings (SSSR count). The molecule has 0 aliphatic rings. The van der Waals surface area contributed by atoms with Crippen molar-refractivity contribution in [1.29, 1.82) is 0 Å². The molecule has 0 bridgehead atoms. The van der Waals surface area contributed by atoms with E-state index in [4.69, 9.17) is 0 Å². The summed E-state index contributed by atoms with van der Waals surface area (Å²) < 4.78 is 0. The van der Waals surface area contributed by atoms with Gasteiger partial charge < -0.3 is 10.6 Å². The van der Waals surface area contributed by atoms with E-state index in [2.05, 4.69) is 17.6 Å². The monoisotopic (exact) mass is 395 g/mol. The molecule has 0 saturated carbocycles. The largest absolute Gasteiger partial charge is 0.348 e. The van der Waals surface area contributed by atoms with Gasteiger partial charge in [-0.1, -0.05) is 61.9 Å². The molecule has 0 saturated heterocycles. The van der Waals surface area contributed by atoms with Crippen LogP contribution in [0, 0.1) is 13.8 Å². The predicted molar refractivity (Wildman–Crippen MR) is 119 cm³/mol. The van der Waals surface area contributed by atoms with Crippen molar-refractivity contribution in [3.8, 4) is 0 Å². The summed E-state index contributed by atoms with van der Waals surface area (Å²) in [4.78, 5) is 27.1. The molecule has 5 nitrogen and oxygen atoms in total. The van der Waals surface area contributed by atoms with E-state index in [-0.39, 0.29) is 24.4 Å². The van der Waals surface area contributed by atoms with Crippen LogP contribution in [0.4, 0.5) is 5.69 Å². The highest BCUT2D eigenvalue weighted by atomic mass is 16.2. The highest BCUT2D eigenvalue weighted by Gasteiger charge is 2.23. The molecule has 2 atom stereocenters. The first-order chi connectivity index (χ1) is 13.8. The first kappa shape index (κ1) is 22.6. The van der Waals surface area contributed by atoms with Crippen LogP contribution in [0.2, 0.25) is 0 Å². The van der Waals surface area contributed by atoms with Crippen LogP contribution < -0.4 is 10.6 Å². The molecule has 0 unspecified atom stereocenters. The summed E-state index contributed by atoms with van der Waals surface area (Å²) >= 11 is 0. The number of nitrogens with one attached hydrogen (secondary N) is 2. The lowest BCUT2D eigenvalue weighted by molar-refractivity contribution is -0.127. The van der Waals surface area contributed by atoms with Gasteiger partial charge in [0.1, 0.15) is 0 Å². The zero-order valence-electron chi connectivity index (χ0n) is 18.2. The molecule has 2 amide bonds. The zero-order chi connectivity index (χ0) is 21.4.